The molecule has 0 bridgehead atoms. The number of nitrogens with one attached hydrogen (secondary N) is 1. The van der Waals surface area contributed by atoms with E-state index in [1.54, 1.807) is 12.1 Å². The van der Waals surface area contributed by atoms with Crippen LogP contribution >= 0.6 is 0 Å². The van der Waals surface area contributed by atoms with E-state index in [1.807, 2.05) is 34.6 Å². The summed E-state index contributed by atoms with van der Waals surface area (Å²) in [6, 6.07) is 5.57. The second-order valence-electron chi connectivity index (χ2n) is 13.7. The second kappa shape index (κ2) is 19.8. The van der Waals surface area contributed by atoms with Crippen molar-refractivity contribution in [2.75, 3.05) is 43.6 Å². The van der Waals surface area contributed by atoms with E-state index in [9.17, 15) is 29.2 Å². The van der Waals surface area contributed by atoms with Gasteiger partial charge in [0.25, 0.3) is 0 Å². The molecule has 2 aromatic rings. The number of benzene rings is 1. The average molecular weight is 786 g/mol. The van der Waals surface area contributed by atoms with Gasteiger partial charge >= 0.3 is 23.9 Å². The molecule has 19 nitrogen and oxygen atoms in total. The van der Waals surface area contributed by atoms with Crippen molar-refractivity contribution in [2.24, 2.45) is 10.2 Å². The molecular formula is C37H51N7O12. The molecule has 2 heterocycles. The molecular weight excluding hydrogens is 734 g/mol. The summed E-state index contributed by atoms with van der Waals surface area (Å²) in [4.78, 5) is 62.4. The van der Waals surface area contributed by atoms with E-state index in [2.05, 4.69) is 31.6 Å². The zero-order chi connectivity index (χ0) is 41.9. The highest BCUT2D eigenvalue weighted by Gasteiger charge is 2.52. The largest absolute Gasteiger partial charge is 0.494 e. The summed E-state index contributed by atoms with van der Waals surface area (Å²) in [5.74, 6) is -2.82. The van der Waals surface area contributed by atoms with Crippen molar-refractivity contribution in [3.8, 4) is 11.8 Å². The van der Waals surface area contributed by atoms with Gasteiger partial charge in [0.1, 0.15) is 35.8 Å². The second-order valence-corrected chi connectivity index (χ2v) is 13.7. The van der Waals surface area contributed by atoms with Crippen LogP contribution in [0.3, 0.4) is 0 Å². The molecule has 1 aromatic carbocycles. The van der Waals surface area contributed by atoms with Gasteiger partial charge in [-0.05, 0) is 19.9 Å². The van der Waals surface area contributed by atoms with Crippen molar-refractivity contribution >= 4 is 52.7 Å². The predicted molar refractivity (Wildman–Crippen MR) is 199 cm³/mol. The third kappa shape index (κ3) is 11.7. The number of rotatable bonds is 16. The average Bonchev–Trinajstić information content (AvgIpc) is 3.47. The molecule has 306 valence electrons. The van der Waals surface area contributed by atoms with Gasteiger partial charge in [-0.25, -0.2) is 0 Å². The third-order valence-electron chi connectivity index (χ3n) is 8.25. The molecule has 5 atom stereocenters. The fraction of sp³-hybridized carbons (Fsp3) is 0.595. The molecule has 0 saturated carbocycles. The van der Waals surface area contributed by atoms with Gasteiger partial charge < -0.3 is 43.4 Å². The van der Waals surface area contributed by atoms with Crippen LogP contribution in [-0.2, 0) is 64.4 Å². The van der Waals surface area contributed by atoms with Gasteiger partial charge in [0, 0.05) is 59.2 Å². The Hall–Kier alpha value is -5.61. The van der Waals surface area contributed by atoms with Gasteiger partial charge in [-0.1, -0.05) is 20.8 Å². The Bertz CT molecular complexity index is 1830. The van der Waals surface area contributed by atoms with Crippen molar-refractivity contribution in [1.82, 2.24) is 9.78 Å². The van der Waals surface area contributed by atoms with Crippen LogP contribution in [0, 0.1) is 11.3 Å². The minimum Gasteiger partial charge on any atom is -0.494 e. The van der Waals surface area contributed by atoms with E-state index < -0.39 is 66.6 Å². The minimum atomic E-state index is -1.42. The van der Waals surface area contributed by atoms with E-state index in [1.165, 1.54) is 25.6 Å². The molecule has 1 aliphatic heterocycles. The molecule has 0 spiro atoms. The maximum absolute atomic E-state index is 12.2. The highest BCUT2D eigenvalue weighted by molar-refractivity contribution is 5.93. The van der Waals surface area contributed by atoms with Crippen LogP contribution in [0.15, 0.2) is 22.4 Å². The summed E-state index contributed by atoms with van der Waals surface area (Å²) in [7, 11) is 1.52. The number of carbonyl (C=O) groups is 5. The third-order valence-corrected chi connectivity index (χ3v) is 8.25. The topological polar surface area (TPSA) is 232 Å². The lowest BCUT2D eigenvalue weighted by molar-refractivity contribution is -0.308. The summed E-state index contributed by atoms with van der Waals surface area (Å²) in [5.41, 5.74) is 1.37. The standard InChI is InChI=1S/C37H51N7O12/c1-12-43(13-2)28-16-26(39-20(3)45)27(17-29(28)50-11)40-41-35-25(18-38)34(37(8,9)10)44(42-35)14-15-51-36-33(55-24(7)49)32(54-23(6)48)31(53-22(5)47)30(56-36)19-52-21(4)46/h16-17,30-33,36H,12-15,19H2,1-11H3,(H,39,45)/b41-40+/t30-,31?,32+,33?,36?/m1/s1. The number of hydrogen-bond donors (Lipinski definition) is 1. The summed E-state index contributed by atoms with van der Waals surface area (Å²) in [6.07, 6.45) is -6.78. The fourth-order valence-corrected chi connectivity index (χ4v) is 6.13. The van der Waals surface area contributed by atoms with Gasteiger partial charge in [0.15, 0.2) is 24.6 Å². The fourth-order valence-electron chi connectivity index (χ4n) is 6.13. The number of esters is 4. The SMILES string of the molecule is CCN(CC)c1cc(NC(C)=O)c(/N=N/c2nn(CCOC3O[C@H](COC(C)=O)C(OC(C)=O)[C@H](OC(C)=O)C3OC(C)=O)c(C(C)(C)C)c2C#N)cc1OC. The lowest BCUT2D eigenvalue weighted by Crippen LogP contribution is -2.63. The smallest absolute Gasteiger partial charge is 0.303 e. The number of nitriles is 1. The number of carbonyl (C=O) groups excluding carboxylic acids is 5. The zero-order valence-corrected chi connectivity index (χ0v) is 33.7. The molecule has 1 fully saturated rings. The molecule has 19 heteroatoms. The summed E-state index contributed by atoms with van der Waals surface area (Å²) in [5, 5.41) is 26.5. The van der Waals surface area contributed by atoms with E-state index >= 15 is 0 Å². The Morgan fingerprint density at radius 2 is 1.54 bits per heavy atom. The predicted octanol–water partition coefficient (Wildman–Crippen LogP) is 4.38. The molecule has 3 rings (SSSR count). The molecule has 0 radical (unpaired) electrons. The van der Waals surface area contributed by atoms with Crippen LogP contribution in [0.5, 0.6) is 5.75 Å². The van der Waals surface area contributed by atoms with Crippen molar-refractivity contribution in [1.29, 1.82) is 5.26 Å². The maximum Gasteiger partial charge on any atom is 0.303 e. The first-order valence-electron chi connectivity index (χ1n) is 17.9. The summed E-state index contributed by atoms with van der Waals surface area (Å²) >= 11 is 0. The number of amides is 1. The van der Waals surface area contributed by atoms with Crippen molar-refractivity contribution in [2.45, 2.75) is 112 Å². The normalized spacial score (nSPS) is 19.4. The van der Waals surface area contributed by atoms with Gasteiger partial charge in [-0.15, -0.1) is 15.3 Å². The molecule has 3 unspecified atom stereocenters. The number of ether oxygens (including phenoxy) is 7. The van der Waals surface area contributed by atoms with Crippen molar-refractivity contribution in [3.05, 3.63) is 23.4 Å². The maximum atomic E-state index is 12.2. The Kier molecular flexibility index (Phi) is 15.8. The van der Waals surface area contributed by atoms with Crippen LogP contribution < -0.4 is 15.0 Å². The van der Waals surface area contributed by atoms with Crippen LogP contribution in [0.4, 0.5) is 22.9 Å². The van der Waals surface area contributed by atoms with E-state index in [0.29, 0.717) is 30.2 Å². The molecule has 1 amide bonds. The lowest BCUT2D eigenvalue weighted by Gasteiger charge is -2.44. The lowest BCUT2D eigenvalue weighted by atomic mass is 9.89. The molecule has 1 aliphatic rings. The number of methoxy groups -OCH3 is 1. The van der Waals surface area contributed by atoms with Gasteiger partial charge in [0.2, 0.25) is 11.7 Å². The summed E-state index contributed by atoms with van der Waals surface area (Å²) < 4.78 is 40.8. The van der Waals surface area contributed by atoms with Crippen LogP contribution in [-0.4, -0.2) is 104 Å². The van der Waals surface area contributed by atoms with Gasteiger partial charge in [0.05, 0.1) is 37.3 Å². The first-order valence-corrected chi connectivity index (χ1v) is 17.9. The Morgan fingerprint density at radius 1 is 0.929 bits per heavy atom. The summed E-state index contributed by atoms with van der Waals surface area (Å²) in [6.45, 7) is 16.3. The van der Waals surface area contributed by atoms with Crippen molar-refractivity contribution < 1.29 is 57.1 Å². The highest BCUT2D eigenvalue weighted by Crippen LogP contribution is 2.40. The molecule has 1 aromatic heterocycles. The Labute approximate surface area is 325 Å². The Balaban J connectivity index is 2.04. The number of azo groups is 1. The van der Waals surface area contributed by atoms with E-state index in [0.717, 1.165) is 26.5 Å². The molecule has 1 N–H and O–H groups in total. The molecule has 56 heavy (non-hydrogen) atoms. The molecule has 0 aliphatic carbocycles. The number of nitrogens with zero attached hydrogens (tertiary/aromatic N) is 6. The highest BCUT2D eigenvalue weighted by atomic mass is 16.7. The van der Waals surface area contributed by atoms with Crippen LogP contribution in [0.1, 0.15) is 80.5 Å². The Morgan fingerprint density at radius 3 is 2.05 bits per heavy atom. The number of anilines is 2. The first kappa shape index (κ1) is 44.8. The number of hydrogen-bond acceptors (Lipinski definition) is 17. The molecule has 1 saturated heterocycles. The minimum absolute atomic E-state index is 0.00715. The van der Waals surface area contributed by atoms with E-state index in [-0.39, 0.29) is 36.1 Å². The van der Waals surface area contributed by atoms with Gasteiger partial charge in [-0.3, -0.25) is 28.7 Å². The first-order chi connectivity index (χ1) is 26.3. The van der Waals surface area contributed by atoms with Gasteiger partial charge in [-0.2, -0.15) is 5.26 Å². The van der Waals surface area contributed by atoms with Crippen LogP contribution in [0.2, 0.25) is 0 Å². The zero-order valence-electron chi connectivity index (χ0n) is 33.7. The quantitative estimate of drug-likeness (QED) is 0.141. The monoisotopic (exact) mass is 785 g/mol. The van der Waals surface area contributed by atoms with Crippen molar-refractivity contribution in [3.63, 3.8) is 0 Å². The number of aromatic nitrogens is 2. The van der Waals surface area contributed by atoms with E-state index in [4.69, 9.17) is 33.2 Å². The van der Waals surface area contributed by atoms with Crippen LogP contribution in [0.25, 0.3) is 0 Å².